The standard InChI is InChI=1S/C15H24N2O2/c1-15(2,3)19-14(18)13(17)6-4-5-11-7-9-12(16)10-8-11/h7-10,13H,4-6,16-17H2,1-3H3. The van der Waals surface area contributed by atoms with Gasteiger partial charge >= 0.3 is 5.97 Å². The minimum absolute atomic E-state index is 0.329. The van der Waals surface area contributed by atoms with Crippen LogP contribution in [0.25, 0.3) is 0 Å². The zero-order chi connectivity index (χ0) is 14.5. The van der Waals surface area contributed by atoms with Gasteiger partial charge in [0.15, 0.2) is 0 Å². The second-order valence-electron chi connectivity index (χ2n) is 5.77. The van der Waals surface area contributed by atoms with E-state index in [2.05, 4.69) is 0 Å². The molecule has 19 heavy (non-hydrogen) atoms. The largest absolute Gasteiger partial charge is 0.459 e. The molecule has 0 heterocycles. The molecule has 0 spiro atoms. The molecular formula is C15H24N2O2. The Balaban J connectivity index is 2.32. The fourth-order valence-corrected chi connectivity index (χ4v) is 1.71. The number of aryl methyl sites for hydroxylation is 1. The topological polar surface area (TPSA) is 78.3 Å². The van der Waals surface area contributed by atoms with Gasteiger partial charge in [0, 0.05) is 5.69 Å². The van der Waals surface area contributed by atoms with E-state index in [-0.39, 0.29) is 5.97 Å². The molecule has 0 saturated carbocycles. The monoisotopic (exact) mass is 264 g/mol. The van der Waals surface area contributed by atoms with E-state index in [4.69, 9.17) is 16.2 Å². The van der Waals surface area contributed by atoms with Gasteiger partial charge in [0.2, 0.25) is 0 Å². The lowest BCUT2D eigenvalue weighted by Crippen LogP contribution is -2.37. The van der Waals surface area contributed by atoms with Crippen molar-refractivity contribution < 1.29 is 9.53 Å². The van der Waals surface area contributed by atoms with Gasteiger partial charge < -0.3 is 16.2 Å². The van der Waals surface area contributed by atoms with E-state index in [0.29, 0.717) is 6.42 Å². The van der Waals surface area contributed by atoms with Gasteiger partial charge in [-0.15, -0.1) is 0 Å². The second-order valence-corrected chi connectivity index (χ2v) is 5.77. The summed E-state index contributed by atoms with van der Waals surface area (Å²) in [7, 11) is 0. The van der Waals surface area contributed by atoms with Gasteiger partial charge in [-0.3, -0.25) is 4.79 Å². The third-order valence-corrected chi connectivity index (χ3v) is 2.67. The first-order valence-electron chi connectivity index (χ1n) is 6.61. The zero-order valence-corrected chi connectivity index (χ0v) is 12.0. The average Bonchev–Trinajstić information content (AvgIpc) is 2.29. The Morgan fingerprint density at radius 2 is 1.84 bits per heavy atom. The number of carbonyl (C=O) groups is 1. The molecule has 1 aromatic rings. The Kier molecular flexibility index (Phi) is 5.36. The number of anilines is 1. The summed E-state index contributed by atoms with van der Waals surface area (Å²) in [5.41, 5.74) is 12.9. The number of nitrogens with two attached hydrogens (primary N) is 2. The van der Waals surface area contributed by atoms with Crippen molar-refractivity contribution in [2.24, 2.45) is 5.73 Å². The fourth-order valence-electron chi connectivity index (χ4n) is 1.71. The van der Waals surface area contributed by atoms with Crippen molar-refractivity contribution in [2.45, 2.75) is 51.7 Å². The molecule has 1 atom stereocenters. The molecule has 0 bridgehead atoms. The first kappa shape index (κ1) is 15.5. The fraction of sp³-hybridized carbons (Fsp3) is 0.533. The van der Waals surface area contributed by atoms with Crippen LogP contribution >= 0.6 is 0 Å². The Bertz CT molecular complexity index is 407. The molecule has 0 radical (unpaired) electrons. The molecule has 1 unspecified atom stereocenters. The minimum atomic E-state index is -0.548. The molecule has 1 aromatic carbocycles. The predicted molar refractivity (Wildman–Crippen MR) is 77.6 cm³/mol. The van der Waals surface area contributed by atoms with Crippen LogP contribution in [0, 0.1) is 0 Å². The van der Waals surface area contributed by atoms with Crippen molar-refractivity contribution in [3.63, 3.8) is 0 Å². The van der Waals surface area contributed by atoms with Crippen LogP contribution in [0.15, 0.2) is 24.3 Å². The van der Waals surface area contributed by atoms with Crippen LogP contribution in [0.4, 0.5) is 5.69 Å². The highest BCUT2D eigenvalue weighted by Crippen LogP contribution is 2.12. The lowest BCUT2D eigenvalue weighted by atomic mass is 10.0. The highest BCUT2D eigenvalue weighted by molar-refractivity contribution is 5.75. The molecule has 0 aromatic heterocycles. The summed E-state index contributed by atoms with van der Waals surface area (Å²) in [6.45, 7) is 5.52. The molecule has 106 valence electrons. The number of nitrogen functional groups attached to an aromatic ring is 1. The quantitative estimate of drug-likeness (QED) is 0.631. The van der Waals surface area contributed by atoms with Crippen molar-refractivity contribution in [3.05, 3.63) is 29.8 Å². The van der Waals surface area contributed by atoms with Crippen LogP contribution in [0.3, 0.4) is 0 Å². The third kappa shape index (κ3) is 6.25. The van der Waals surface area contributed by atoms with Gasteiger partial charge in [-0.05, 0) is 57.7 Å². The van der Waals surface area contributed by atoms with Crippen LogP contribution in [-0.4, -0.2) is 17.6 Å². The normalized spacial score (nSPS) is 13.1. The summed E-state index contributed by atoms with van der Waals surface area (Å²) in [6, 6.07) is 7.20. The van der Waals surface area contributed by atoms with Crippen LogP contribution in [0.1, 0.15) is 39.2 Å². The van der Waals surface area contributed by atoms with Gasteiger partial charge in [-0.2, -0.15) is 0 Å². The number of rotatable bonds is 5. The zero-order valence-electron chi connectivity index (χ0n) is 12.0. The molecule has 0 fully saturated rings. The van der Waals surface area contributed by atoms with Crippen molar-refractivity contribution in [1.82, 2.24) is 0 Å². The van der Waals surface area contributed by atoms with E-state index in [1.54, 1.807) is 0 Å². The smallest absolute Gasteiger partial charge is 0.323 e. The van der Waals surface area contributed by atoms with Gasteiger partial charge in [0.25, 0.3) is 0 Å². The summed E-state index contributed by atoms with van der Waals surface area (Å²) in [4.78, 5) is 11.7. The van der Waals surface area contributed by atoms with Crippen LogP contribution < -0.4 is 11.5 Å². The molecule has 0 saturated heterocycles. The van der Waals surface area contributed by atoms with Crippen LogP contribution in [0.5, 0.6) is 0 Å². The maximum atomic E-state index is 11.7. The van der Waals surface area contributed by atoms with E-state index >= 15 is 0 Å². The number of benzene rings is 1. The highest BCUT2D eigenvalue weighted by atomic mass is 16.6. The minimum Gasteiger partial charge on any atom is -0.459 e. The molecule has 0 aliphatic rings. The molecule has 0 amide bonds. The SMILES string of the molecule is CC(C)(C)OC(=O)C(N)CCCc1ccc(N)cc1. The van der Waals surface area contributed by atoms with E-state index in [1.807, 2.05) is 45.0 Å². The number of esters is 1. The summed E-state index contributed by atoms with van der Waals surface area (Å²) in [5, 5.41) is 0. The molecular weight excluding hydrogens is 240 g/mol. The van der Waals surface area contributed by atoms with Crippen LogP contribution in [-0.2, 0) is 16.0 Å². The van der Waals surface area contributed by atoms with Gasteiger partial charge in [-0.1, -0.05) is 12.1 Å². The third-order valence-electron chi connectivity index (χ3n) is 2.67. The maximum Gasteiger partial charge on any atom is 0.323 e. The molecule has 4 nitrogen and oxygen atoms in total. The molecule has 0 aliphatic heterocycles. The Labute approximate surface area is 115 Å². The van der Waals surface area contributed by atoms with E-state index in [1.165, 1.54) is 5.56 Å². The second kappa shape index (κ2) is 6.57. The lowest BCUT2D eigenvalue weighted by molar-refractivity contribution is -0.156. The highest BCUT2D eigenvalue weighted by Gasteiger charge is 2.21. The van der Waals surface area contributed by atoms with E-state index in [0.717, 1.165) is 18.5 Å². The van der Waals surface area contributed by atoms with Crippen molar-refractivity contribution >= 4 is 11.7 Å². The summed E-state index contributed by atoms with van der Waals surface area (Å²) in [5.74, 6) is -0.329. The lowest BCUT2D eigenvalue weighted by Gasteiger charge is -2.22. The van der Waals surface area contributed by atoms with Gasteiger partial charge in [0.1, 0.15) is 11.6 Å². The number of ether oxygens (including phenoxy) is 1. The summed E-state index contributed by atoms with van der Waals surface area (Å²) < 4.78 is 5.24. The van der Waals surface area contributed by atoms with E-state index < -0.39 is 11.6 Å². The Hall–Kier alpha value is -1.55. The van der Waals surface area contributed by atoms with Crippen LogP contribution in [0.2, 0.25) is 0 Å². The average molecular weight is 264 g/mol. The number of carbonyl (C=O) groups excluding carboxylic acids is 1. The first-order chi connectivity index (χ1) is 8.78. The predicted octanol–water partition coefficient (Wildman–Crippen LogP) is 2.26. The first-order valence-corrected chi connectivity index (χ1v) is 6.61. The number of hydrogen-bond acceptors (Lipinski definition) is 4. The molecule has 4 heteroatoms. The molecule has 1 rings (SSSR count). The summed E-state index contributed by atoms with van der Waals surface area (Å²) >= 11 is 0. The Morgan fingerprint density at radius 3 is 2.37 bits per heavy atom. The number of hydrogen-bond donors (Lipinski definition) is 2. The molecule has 4 N–H and O–H groups in total. The summed E-state index contributed by atoms with van der Waals surface area (Å²) in [6.07, 6.45) is 2.36. The van der Waals surface area contributed by atoms with E-state index in [9.17, 15) is 4.79 Å². The Morgan fingerprint density at radius 1 is 1.26 bits per heavy atom. The van der Waals surface area contributed by atoms with Crippen molar-refractivity contribution in [2.75, 3.05) is 5.73 Å². The maximum absolute atomic E-state index is 11.7. The van der Waals surface area contributed by atoms with Crippen molar-refractivity contribution in [3.8, 4) is 0 Å². The van der Waals surface area contributed by atoms with Gasteiger partial charge in [0.05, 0.1) is 0 Å². The van der Waals surface area contributed by atoms with Crippen molar-refractivity contribution in [1.29, 1.82) is 0 Å². The molecule has 0 aliphatic carbocycles. The van der Waals surface area contributed by atoms with Gasteiger partial charge in [-0.25, -0.2) is 0 Å².